The third-order valence-corrected chi connectivity index (χ3v) is 13.9. The van der Waals surface area contributed by atoms with Gasteiger partial charge >= 0.3 is 0 Å². The molecule has 2 heterocycles. The van der Waals surface area contributed by atoms with Gasteiger partial charge in [-0.1, -0.05) is 115 Å². The quantitative estimate of drug-likeness (QED) is 0.207. The Morgan fingerprint density at radius 2 is 1.54 bits per heavy atom. The maximum Gasteiger partial charge on any atom is 0.116 e. The third kappa shape index (κ3) is 4.98. The predicted octanol–water partition coefficient (Wildman–Crippen LogP) is 9.56. The Bertz CT molecular complexity index is 1580. The Labute approximate surface area is 227 Å². The van der Waals surface area contributed by atoms with E-state index in [1.807, 2.05) is 11.3 Å². The van der Waals surface area contributed by atoms with E-state index in [0.29, 0.717) is 11.8 Å². The summed E-state index contributed by atoms with van der Waals surface area (Å²) in [5.41, 5.74) is 4.85. The molecule has 0 amide bonds. The molecule has 0 spiro atoms. The molecule has 5 aromatic rings. The van der Waals surface area contributed by atoms with Gasteiger partial charge in [-0.25, -0.2) is 9.97 Å². The topological polar surface area (TPSA) is 25.8 Å². The lowest BCUT2D eigenvalue weighted by Gasteiger charge is -2.33. The van der Waals surface area contributed by atoms with Crippen LogP contribution in [0.4, 0.5) is 0 Å². The van der Waals surface area contributed by atoms with Crippen LogP contribution in [0.2, 0.25) is 18.6 Å². The summed E-state index contributed by atoms with van der Waals surface area (Å²) in [7, 11) is -1.75. The van der Waals surface area contributed by atoms with E-state index in [9.17, 15) is 0 Å². The standard InChI is InChI=1S/C33H40N2SSi/c1-21(2)18-37(8,19-22(3)4)29-16-24(15-23-11-9-10-12-26(23)29)30-32-31(35-20-34-30)27-14-13-25(33(5,6)7)17-28(27)36-32/h9-17,20-22H,18-19H2,1-8H3. The minimum Gasteiger partial charge on any atom is -0.235 e. The highest BCUT2D eigenvalue weighted by Gasteiger charge is 2.33. The number of hydrogen-bond acceptors (Lipinski definition) is 3. The molecule has 0 bridgehead atoms. The van der Waals surface area contributed by atoms with Crippen molar-refractivity contribution in [2.75, 3.05) is 0 Å². The van der Waals surface area contributed by atoms with Gasteiger partial charge in [0.15, 0.2) is 0 Å². The molecule has 0 aliphatic heterocycles. The predicted molar refractivity (Wildman–Crippen MR) is 167 cm³/mol. The van der Waals surface area contributed by atoms with Gasteiger partial charge in [0.25, 0.3) is 0 Å². The van der Waals surface area contributed by atoms with Gasteiger partial charge in [0, 0.05) is 15.6 Å². The summed E-state index contributed by atoms with van der Waals surface area (Å²) in [6.45, 7) is 19.0. The normalized spacial score (nSPS) is 13.0. The van der Waals surface area contributed by atoms with E-state index in [1.54, 1.807) is 11.5 Å². The average molecular weight is 525 g/mol. The Kier molecular flexibility index (Phi) is 6.78. The molecule has 192 valence electrons. The molecular weight excluding hydrogens is 485 g/mol. The molecule has 4 heteroatoms. The third-order valence-electron chi connectivity index (χ3n) is 7.62. The molecule has 0 aliphatic rings. The first-order chi connectivity index (χ1) is 17.5. The summed E-state index contributed by atoms with van der Waals surface area (Å²) in [6, 6.07) is 23.3. The van der Waals surface area contributed by atoms with Gasteiger partial charge in [-0.15, -0.1) is 11.3 Å². The number of hydrogen-bond donors (Lipinski definition) is 0. The molecule has 5 rings (SSSR count). The Morgan fingerprint density at radius 3 is 2.22 bits per heavy atom. The molecule has 37 heavy (non-hydrogen) atoms. The SMILES string of the molecule is CC(C)C[Si](C)(CC(C)C)c1cc(-c2ncnc3c2sc2cc(C(C)(C)C)ccc23)cc2ccccc12. The fraction of sp³-hybridized carbons (Fsp3) is 0.394. The highest BCUT2D eigenvalue weighted by Crippen LogP contribution is 2.40. The van der Waals surface area contributed by atoms with Crippen LogP contribution in [0.5, 0.6) is 0 Å². The first-order valence-corrected chi connectivity index (χ1v) is 17.4. The number of nitrogens with zero attached hydrogens (tertiary/aromatic N) is 2. The first-order valence-electron chi connectivity index (χ1n) is 13.7. The van der Waals surface area contributed by atoms with E-state index in [-0.39, 0.29) is 5.41 Å². The van der Waals surface area contributed by atoms with E-state index < -0.39 is 8.07 Å². The molecule has 0 saturated heterocycles. The lowest BCUT2D eigenvalue weighted by molar-refractivity contribution is 0.591. The summed E-state index contributed by atoms with van der Waals surface area (Å²) < 4.78 is 2.49. The van der Waals surface area contributed by atoms with Crippen LogP contribution in [0.25, 0.3) is 42.3 Å². The highest BCUT2D eigenvalue weighted by molar-refractivity contribution is 7.26. The fourth-order valence-corrected chi connectivity index (χ4v) is 13.1. The maximum atomic E-state index is 4.91. The molecule has 0 N–H and O–H groups in total. The van der Waals surface area contributed by atoms with Crippen molar-refractivity contribution in [2.45, 2.75) is 72.5 Å². The molecule has 0 aliphatic carbocycles. The zero-order valence-electron chi connectivity index (χ0n) is 23.6. The molecule has 0 radical (unpaired) electrons. The van der Waals surface area contributed by atoms with Crippen LogP contribution in [0, 0.1) is 11.8 Å². The van der Waals surface area contributed by atoms with Gasteiger partial charge in [0.05, 0.1) is 24.0 Å². The minimum absolute atomic E-state index is 0.119. The van der Waals surface area contributed by atoms with Gasteiger partial charge in [0.2, 0.25) is 0 Å². The van der Waals surface area contributed by atoms with Crippen LogP contribution in [-0.4, -0.2) is 18.0 Å². The zero-order valence-corrected chi connectivity index (χ0v) is 25.5. The van der Waals surface area contributed by atoms with E-state index in [2.05, 4.69) is 110 Å². The van der Waals surface area contributed by atoms with Crippen molar-refractivity contribution in [1.82, 2.24) is 9.97 Å². The second-order valence-electron chi connectivity index (χ2n) is 13.0. The maximum absolute atomic E-state index is 4.91. The van der Waals surface area contributed by atoms with Crippen LogP contribution in [0.1, 0.15) is 54.0 Å². The van der Waals surface area contributed by atoms with Crippen LogP contribution < -0.4 is 5.19 Å². The monoisotopic (exact) mass is 524 g/mol. The Morgan fingerprint density at radius 1 is 0.838 bits per heavy atom. The van der Waals surface area contributed by atoms with Crippen molar-refractivity contribution >= 4 is 55.7 Å². The molecule has 0 saturated carbocycles. The average Bonchev–Trinajstić information content (AvgIpc) is 3.20. The summed E-state index contributed by atoms with van der Waals surface area (Å²) in [5, 5.41) is 5.57. The first kappa shape index (κ1) is 26.1. The van der Waals surface area contributed by atoms with Crippen LogP contribution in [-0.2, 0) is 5.41 Å². The van der Waals surface area contributed by atoms with E-state index in [1.165, 1.54) is 48.8 Å². The smallest absolute Gasteiger partial charge is 0.116 e. The number of aromatic nitrogens is 2. The van der Waals surface area contributed by atoms with Crippen LogP contribution in [0.15, 0.2) is 60.9 Å². The molecule has 0 fully saturated rings. The van der Waals surface area contributed by atoms with E-state index in [0.717, 1.165) is 11.2 Å². The molecule has 2 aromatic heterocycles. The summed E-state index contributed by atoms with van der Waals surface area (Å²) >= 11 is 1.84. The number of fused-ring (bicyclic) bond motifs is 4. The highest BCUT2D eigenvalue weighted by atomic mass is 32.1. The van der Waals surface area contributed by atoms with Gasteiger partial charge in [-0.3, -0.25) is 0 Å². The molecule has 3 aromatic carbocycles. The number of thiophene rings is 1. The Balaban J connectivity index is 1.77. The summed E-state index contributed by atoms with van der Waals surface area (Å²) in [4.78, 5) is 9.68. The van der Waals surface area contributed by atoms with Gasteiger partial charge in [0.1, 0.15) is 6.33 Å². The molecular formula is C33H40N2SSi. The summed E-state index contributed by atoms with van der Waals surface area (Å²) in [5.74, 6) is 1.37. The van der Waals surface area contributed by atoms with Crippen LogP contribution in [0.3, 0.4) is 0 Å². The van der Waals surface area contributed by atoms with Crippen molar-refractivity contribution in [1.29, 1.82) is 0 Å². The van der Waals surface area contributed by atoms with Crippen LogP contribution >= 0.6 is 11.3 Å². The van der Waals surface area contributed by atoms with Gasteiger partial charge < -0.3 is 0 Å². The molecule has 0 unspecified atom stereocenters. The van der Waals surface area contributed by atoms with Crippen molar-refractivity contribution in [3.8, 4) is 11.3 Å². The second-order valence-corrected chi connectivity index (χ2v) is 18.5. The van der Waals surface area contributed by atoms with Gasteiger partial charge in [-0.05, 0) is 45.7 Å². The minimum atomic E-state index is -1.75. The van der Waals surface area contributed by atoms with Crippen molar-refractivity contribution in [3.05, 3.63) is 66.5 Å². The number of rotatable bonds is 6. The largest absolute Gasteiger partial charge is 0.235 e. The fourth-order valence-electron chi connectivity index (χ4n) is 6.30. The second kappa shape index (κ2) is 9.63. The van der Waals surface area contributed by atoms with E-state index >= 15 is 0 Å². The Hall–Kier alpha value is -2.56. The lowest BCUT2D eigenvalue weighted by atomic mass is 9.87. The van der Waals surface area contributed by atoms with Gasteiger partial charge in [-0.2, -0.15) is 0 Å². The van der Waals surface area contributed by atoms with Crippen molar-refractivity contribution in [3.63, 3.8) is 0 Å². The number of benzene rings is 3. The van der Waals surface area contributed by atoms with E-state index in [4.69, 9.17) is 9.97 Å². The summed E-state index contributed by atoms with van der Waals surface area (Å²) in [6.07, 6.45) is 1.76. The molecule has 2 nitrogen and oxygen atoms in total. The lowest BCUT2D eigenvalue weighted by Crippen LogP contribution is -2.47. The molecule has 0 atom stereocenters. The zero-order chi connectivity index (χ0) is 26.5. The van der Waals surface area contributed by atoms with Crippen molar-refractivity contribution < 1.29 is 0 Å². The van der Waals surface area contributed by atoms with Crippen molar-refractivity contribution in [2.24, 2.45) is 11.8 Å².